The van der Waals surface area contributed by atoms with Crippen LogP contribution in [0.3, 0.4) is 0 Å². The first kappa shape index (κ1) is 16.9. The van der Waals surface area contributed by atoms with E-state index in [2.05, 4.69) is 17.3 Å². The number of aldehydes is 1. The van der Waals surface area contributed by atoms with Crippen molar-refractivity contribution in [3.63, 3.8) is 0 Å². The molecule has 1 N–H and O–H groups in total. The maximum absolute atomic E-state index is 11.5. The Kier molecular flexibility index (Phi) is 4.87. The van der Waals surface area contributed by atoms with E-state index in [1.165, 1.54) is 5.56 Å². The Morgan fingerprint density at radius 3 is 2.54 bits per heavy atom. The first-order chi connectivity index (χ1) is 11.6. The van der Waals surface area contributed by atoms with Gasteiger partial charge < -0.3 is 19.6 Å². The predicted octanol–water partition coefficient (Wildman–Crippen LogP) is 2.90. The van der Waals surface area contributed by atoms with Gasteiger partial charge in [-0.25, -0.2) is 0 Å². The molecule has 2 fully saturated rings. The SMILES string of the molecule is COC1CN(c2ccc(C3CCC(=NO)CC3)cc2)C(C)(C=O)O1. The Bertz CT molecular complexity index is 606. The smallest absolute Gasteiger partial charge is 0.198 e. The zero-order valence-electron chi connectivity index (χ0n) is 14.1. The number of benzene rings is 1. The monoisotopic (exact) mass is 332 g/mol. The van der Waals surface area contributed by atoms with Gasteiger partial charge in [0.2, 0.25) is 0 Å². The molecule has 0 spiro atoms. The standard InChI is InChI=1S/C18H24N2O4/c1-18(12-21)20(11-17(23-2)24-18)16-9-5-14(6-10-16)13-3-7-15(19-22)8-4-13/h5-6,9-10,12-13,17,22H,3-4,7-8,11H2,1-2H3. The van der Waals surface area contributed by atoms with E-state index in [1.54, 1.807) is 14.0 Å². The van der Waals surface area contributed by atoms with E-state index >= 15 is 0 Å². The van der Waals surface area contributed by atoms with Gasteiger partial charge in [0.15, 0.2) is 18.3 Å². The number of carbonyl (C=O) groups excluding carboxylic acids is 1. The summed E-state index contributed by atoms with van der Waals surface area (Å²) in [7, 11) is 1.58. The molecule has 130 valence electrons. The molecule has 3 rings (SSSR count). The summed E-state index contributed by atoms with van der Waals surface area (Å²) in [6, 6.07) is 8.31. The molecule has 1 saturated heterocycles. The second-order valence-corrected chi connectivity index (χ2v) is 6.60. The Balaban J connectivity index is 1.74. The van der Waals surface area contributed by atoms with Gasteiger partial charge >= 0.3 is 0 Å². The van der Waals surface area contributed by atoms with Crippen LogP contribution in [0.25, 0.3) is 0 Å². The molecule has 1 heterocycles. The average molecular weight is 332 g/mol. The summed E-state index contributed by atoms with van der Waals surface area (Å²) in [4.78, 5) is 13.4. The predicted molar refractivity (Wildman–Crippen MR) is 90.6 cm³/mol. The molecule has 2 aliphatic rings. The van der Waals surface area contributed by atoms with E-state index in [4.69, 9.17) is 14.7 Å². The van der Waals surface area contributed by atoms with E-state index in [-0.39, 0.29) is 0 Å². The van der Waals surface area contributed by atoms with Gasteiger partial charge in [-0.15, -0.1) is 0 Å². The van der Waals surface area contributed by atoms with Gasteiger partial charge in [0, 0.05) is 12.8 Å². The molecule has 1 aromatic rings. The molecule has 24 heavy (non-hydrogen) atoms. The Morgan fingerprint density at radius 2 is 2.00 bits per heavy atom. The summed E-state index contributed by atoms with van der Waals surface area (Å²) in [6.45, 7) is 2.27. The van der Waals surface area contributed by atoms with Gasteiger partial charge in [-0.05, 0) is 56.2 Å². The first-order valence-corrected chi connectivity index (χ1v) is 8.34. The minimum atomic E-state index is -1.00. The maximum atomic E-state index is 11.5. The molecule has 2 atom stereocenters. The molecule has 0 bridgehead atoms. The topological polar surface area (TPSA) is 71.4 Å². The molecule has 0 aromatic heterocycles. The van der Waals surface area contributed by atoms with Crippen molar-refractivity contribution in [3.8, 4) is 0 Å². The van der Waals surface area contributed by atoms with Crippen LogP contribution in [0.5, 0.6) is 0 Å². The largest absolute Gasteiger partial charge is 0.411 e. The zero-order chi connectivity index (χ0) is 17.2. The van der Waals surface area contributed by atoms with Crippen molar-refractivity contribution >= 4 is 17.7 Å². The Morgan fingerprint density at radius 1 is 1.33 bits per heavy atom. The van der Waals surface area contributed by atoms with Crippen LogP contribution in [0.2, 0.25) is 0 Å². The van der Waals surface area contributed by atoms with Crippen LogP contribution < -0.4 is 4.90 Å². The lowest BCUT2D eigenvalue weighted by molar-refractivity contribution is -0.155. The van der Waals surface area contributed by atoms with Gasteiger partial charge in [0.1, 0.15) is 0 Å². The molecule has 1 aromatic carbocycles. The van der Waals surface area contributed by atoms with Crippen molar-refractivity contribution in [1.82, 2.24) is 0 Å². The number of methoxy groups -OCH3 is 1. The Hall–Kier alpha value is -1.92. The summed E-state index contributed by atoms with van der Waals surface area (Å²) in [5.41, 5.74) is 2.12. The van der Waals surface area contributed by atoms with Crippen molar-refractivity contribution in [2.45, 2.75) is 50.5 Å². The van der Waals surface area contributed by atoms with Gasteiger partial charge in [-0.2, -0.15) is 0 Å². The fraction of sp³-hybridized carbons (Fsp3) is 0.556. The number of carbonyl (C=O) groups is 1. The van der Waals surface area contributed by atoms with Crippen LogP contribution in [-0.4, -0.2) is 42.9 Å². The van der Waals surface area contributed by atoms with E-state index < -0.39 is 12.0 Å². The molecule has 0 amide bonds. The summed E-state index contributed by atoms with van der Waals surface area (Å²) in [5.74, 6) is 0.489. The minimum Gasteiger partial charge on any atom is -0.411 e. The van der Waals surface area contributed by atoms with Crippen LogP contribution in [-0.2, 0) is 14.3 Å². The molecule has 0 radical (unpaired) electrons. The maximum Gasteiger partial charge on any atom is 0.198 e. The highest BCUT2D eigenvalue weighted by atomic mass is 16.7. The third-order valence-corrected chi connectivity index (χ3v) is 5.10. The normalized spacial score (nSPS) is 30.4. The van der Waals surface area contributed by atoms with E-state index in [0.717, 1.165) is 43.4 Å². The lowest BCUT2D eigenvalue weighted by Crippen LogP contribution is -2.43. The zero-order valence-corrected chi connectivity index (χ0v) is 14.1. The number of nitrogens with zero attached hydrogens (tertiary/aromatic N) is 2. The molecule has 6 heteroatoms. The number of hydrogen-bond acceptors (Lipinski definition) is 6. The van der Waals surface area contributed by atoms with Crippen LogP contribution in [0.15, 0.2) is 29.4 Å². The van der Waals surface area contributed by atoms with Gasteiger partial charge in [0.05, 0.1) is 12.3 Å². The molecule has 1 saturated carbocycles. The fourth-order valence-electron chi connectivity index (χ4n) is 3.58. The second-order valence-electron chi connectivity index (χ2n) is 6.60. The summed E-state index contributed by atoms with van der Waals surface area (Å²) >= 11 is 0. The molecule has 2 unspecified atom stereocenters. The number of rotatable bonds is 4. The van der Waals surface area contributed by atoms with Gasteiger partial charge in [-0.3, -0.25) is 4.79 Å². The molecule has 6 nitrogen and oxygen atoms in total. The van der Waals surface area contributed by atoms with Crippen LogP contribution in [0, 0.1) is 0 Å². The van der Waals surface area contributed by atoms with Crippen LogP contribution in [0.1, 0.15) is 44.1 Å². The number of ether oxygens (including phenoxy) is 2. The van der Waals surface area contributed by atoms with Gasteiger partial charge in [-0.1, -0.05) is 17.3 Å². The highest BCUT2D eigenvalue weighted by Crippen LogP contribution is 2.35. The summed E-state index contributed by atoms with van der Waals surface area (Å²) in [5, 5.41) is 12.2. The molecular weight excluding hydrogens is 308 g/mol. The number of oxime groups is 1. The van der Waals surface area contributed by atoms with E-state index in [0.29, 0.717) is 12.5 Å². The quantitative estimate of drug-likeness (QED) is 0.521. The van der Waals surface area contributed by atoms with Crippen molar-refractivity contribution < 1.29 is 19.5 Å². The van der Waals surface area contributed by atoms with Crippen LogP contribution >= 0.6 is 0 Å². The van der Waals surface area contributed by atoms with E-state index in [9.17, 15) is 4.79 Å². The highest BCUT2D eigenvalue weighted by Gasteiger charge is 2.43. The second kappa shape index (κ2) is 6.91. The third kappa shape index (κ3) is 3.16. The number of hydrogen-bond donors (Lipinski definition) is 1. The van der Waals surface area contributed by atoms with Crippen molar-refractivity contribution in [2.75, 3.05) is 18.6 Å². The van der Waals surface area contributed by atoms with Gasteiger partial charge in [0.25, 0.3) is 0 Å². The van der Waals surface area contributed by atoms with Crippen molar-refractivity contribution in [2.24, 2.45) is 5.16 Å². The molecule has 1 aliphatic heterocycles. The molecule has 1 aliphatic carbocycles. The Labute approximate surface area is 142 Å². The lowest BCUT2D eigenvalue weighted by atomic mass is 9.83. The van der Waals surface area contributed by atoms with Crippen molar-refractivity contribution in [3.05, 3.63) is 29.8 Å². The van der Waals surface area contributed by atoms with E-state index in [1.807, 2.05) is 17.0 Å². The summed E-state index contributed by atoms with van der Waals surface area (Å²) in [6.07, 6.45) is 4.11. The van der Waals surface area contributed by atoms with Crippen molar-refractivity contribution in [1.29, 1.82) is 0 Å². The van der Waals surface area contributed by atoms with Crippen LogP contribution in [0.4, 0.5) is 5.69 Å². The average Bonchev–Trinajstić information content (AvgIpc) is 2.99. The first-order valence-electron chi connectivity index (χ1n) is 8.34. The highest BCUT2D eigenvalue weighted by molar-refractivity contribution is 5.84. The third-order valence-electron chi connectivity index (χ3n) is 5.10. The fourth-order valence-corrected chi connectivity index (χ4v) is 3.58. The summed E-state index contributed by atoms with van der Waals surface area (Å²) < 4.78 is 10.9. The number of anilines is 1. The lowest BCUT2D eigenvalue weighted by Gasteiger charge is -2.30. The minimum absolute atomic E-state index is 0.408. The molecular formula is C18H24N2O4.